The minimum atomic E-state index is -0.629. The van der Waals surface area contributed by atoms with Crippen molar-refractivity contribution in [2.75, 3.05) is 11.9 Å². The van der Waals surface area contributed by atoms with E-state index in [-0.39, 0.29) is 5.56 Å². The summed E-state index contributed by atoms with van der Waals surface area (Å²) in [5.41, 5.74) is 0.891. The second kappa shape index (κ2) is 8.92. The van der Waals surface area contributed by atoms with E-state index in [9.17, 15) is 9.59 Å². The molecule has 5 nitrogen and oxygen atoms in total. The Bertz CT molecular complexity index is 1190. The Balaban J connectivity index is 1.39. The molecule has 4 rings (SSSR count). The van der Waals surface area contributed by atoms with Crippen LogP contribution in [0.2, 0.25) is 0 Å². The van der Waals surface area contributed by atoms with E-state index in [0.717, 1.165) is 10.8 Å². The van der Waals surface area contributed by atoms with Crippen molar-refractivity contribution in [3.8, 4) is 11.5 Å². The van der Waals surface area contributed by atoms with Crippen LogP contribution in [-0.2, 0) is 9.53 Å². The van der Waals surface area contributed by atoms with Crippen LogP contribution in [0.25, 0.3) is 10.8 Å². The van der Waals surface area contributed by atoms with Gasteiger partial charge in [-0.15, -0.1) is 0 Å². The summed E-state index contributed by atoms with van der Waals surface area (Å²) < 4.78 is 11.0. The molecule has 4 aromatic carbocycles. The molecule has 0 saturated carbocycles. The first-order valence-corrected chi connectivity index (χ1v) is 9.47. The van der Waals surface area contributed by atoms with Gasteiger partial charge in [0.05, 0.1) is 0 Å². The molecular weight excluding hydrogens is 378 g/mol. The van der Waals surface area contributed by atoms with E-state index in [1.165, 1.54) is 0 Å². The number of amides is 1. The Morgan fingerprint density at radius 2 is 1.43 bits per heavy atom. The summed E-state index contributed by atoms with van der Waals surface area (Å²) in [5, 5.41) is 4.84. The molecule has 0 aliphatic rings. The smallest absolute Gasteiger partial charge is 0.342 e. The Morgan fingerprint density at radius 3 is 2.27 bits per heavy atom. The van der Waals surface area contributed by atoms with Crippen LogP contribution < -0.4 is 10.1 Å². The van der Waals surface area contributed by atoms with E-state index in [1.807, 2.05) is 60.7 Å². The maximum atomic E-state index is 12.5. The number of ether oxygens (including phenoxy) is 2. The molecule has 0 unspecified atom stereocenters. The average Bonchev–Trinajstić information content (AvgIpc) is 2.78. The molecule has 0 bridgehead atoms. The maximum absolute atomic E-state index is 12.5. The van der Waals surface area contributed by atoms with Crippen LogP contribution in [0.15, 0.2) is 97.1 Å². The van der Waals surface area contributed by atoms with Crippen molar-refractivity contribution in [2.24, 2.45) is 0 Å². The van der Waals surface area contributed by atoms with E-state index in [1.54, 1.807) is 36.4 Å². The van der Waals surface area contributed by atoms with E-state index in [4.69, 9.17) is 9.47 Å². The van der Waals surface area contributed by atoms with Gasteiger partial charge < -0.3 is 14.8 Å². The maximum Gasteiger partial charge on any atom is 0.342 e. The molecule has 0 aliphatic carbocycles. The van der Waals surface area contributed by atoms with Crippen molar-refractivity contribution in [3.05, 3.63) is 103 Å². The van der Waals surface area contributed by atoms with Crippen molar-refractivity contribution in [2.45, 2.75) is 0 Å². The zero-order valence-corrected chi connectivity index (χ0v) is 16.1. The number of hydrogen-bond acceptors (Lipinski definition) is 4. The van der Waals surface area contributed by atoms with Crippen molar-refractivity contribution >= 4 is 28.3 Å². The highest BCUT2D eigenvalue weighted by Crippen LogP contribution is 2.25. The number of hydrogen-bond donors (Lipinski definition) is 1. The molecule has 0 spiro atoms. The van der Waals surface area contributed by atoms with Gasteiger partial charge in [-0.25, -0.2) is 4.79 Å². The number of carbonyl (C=O) groups is 2. The standard InChI is InChI=1S/C25H19NO4/c27-24(26-20-15-14-18-8-4-5-9-19(18)16-20)17-29-25(28)22-12-6-7-13-23(22)30-21-10-2-1-3-11-21/h1-16H,17H2,(H,26,27). The summed E-state index contributed by atoms with van der Waals surface area (Å²) in [7, 11) is 0. The summed E-state index contributed by atoms with van der Waals surface area (Å²) in [6.45, 7) is -0.397. The highest BCUT2D eigenvalue weighted by molar-refractivity contribution is 5.98. The first-order valence-electron chi connectivity index (χ1n) is 9.47. The topological polar surface area (TPSA) is 64.6 Å². The highest BCUT2D eigenvalue weighted by Gasteiger charge is 2.16. The van der Waals surface area contributed by atoms with Gasteiger partial charge in [0.25, 0.3) is 5.91 Å². The van der Waals surface area contributed by atoms with Gasteiger partial charge in [0.15, 0.2) is 6.61 Å². The third-order valence-electron chi connectivity index (χ3n) is 4.45. The molecule has 1 N–H and O–H groups in total. The molecule has 0 fully saturated rings. The summed E-state index contributed by atoms with van der Waals surface area (Å²) >= 11 is 0. The van der Waals surface area contributed by atoms with Gasteiger partial charge >= 0.3 is 5.97 Å². The Labute approximate surface area is 173 Å². The van der Waals surface area contributed by atoms with E-state index < -0.39 is 18.5 Å². The Kier molecular flexibility index (Phi) is 5.71. The van der Waals surface area contributed by atoms with Gasteiger partial charge in [-0.3, -0.25) is 4.79 Å². The van der Waals surface area contributed by atoms with Crippen molar-refractivity contribution < 1.29 is 19.1 Å². The predicted molar refractivity (Wildman–Crippen MR) is 116 cm³/mol. The van der Waals surface area contributed by atoms with Crippen LogP contribution in [0.1, 0.15) is 10.4 Å². The van der Waals surface area contributed by atoms with Gasteiger partial charge in [0, 0.05) is 5.69 Å². The molecule has 0 heterocycles. The molecule has 0 aliphatic heterocycles. The molecule has 0 aromatic heterocycles. The number of carbonyl (C=O) groups excluding carboxylic acids is 2. The Morgan fingerprint density at radius 1 is 0.733 bits per heavy atom. The molecule has 0 radical (unpaired) electrons. The summed E-state index contributed by atoms with van der Waals surface area (Å²) in [6.07, 6.45) is 0. The van der Waals surface area contributed by atoms with E-state index >= 15 is 0 Å². The van der Waals surface area contributed by atoms with Crippen molar-refractivity contribution in [1.29, 1.82) is 0 Å². The average molecular weight is 397 g/mol. The molecule has 1 amide bonds. The van der Waals surface area contributed by atoms with Crippen molar-refractivity contribution in [1.82, 2.24) is 0 Å². The third kappa shape index (κ3) is 4.64. The lowest BCUT2D eigenvalue weighted by atomic mass is 10.1. The minimum absolute atomic E-state index is 0.250. The monoisotopic (exact) mass is 397 g/mol. The molecule has 0 saturated heterocycles. The number of benzene rings is 4. The lowest BCUT2D eigenvalue weighted by Crippen LogP contribution is -2.21. The molecule has 0 atom stereocenters. The van der Waals surface area contributed by atoms with Gasteiger partial charge in [-0.1, -0.05) is 60.7 Å². The van der Waals surface area contributed by atoms with Gasteiger partial charge in [0.2, 0.25) is 0 Å². The number of esters is 1. The first kappa shape index (κ1) is 19.2. The molecule has 4 aromatic rings. The molecule has 148 valence electrons. The van der Waals surface area contributed by atoms with Crippen LogP contribution in [0.4, 0.5) is 5.69 Å². The number of rotatable bonds is 6. The van der Waals surface area contributed by atoms with Crippen LogP contribution in [0, 0.1) is 0 Å². The largest absolute Gasteiger partial charge is 0.456 e. The fourth-order valence-electron chi connectivity index (χ4n) is 3.01. The molecule has 5 heteroatoms. The number of para-hydroxylation sites is 2. The zero-order chi connectivity index (χ0) is 20.8. The third-order valence-corrected chi connectivity index (χ3v) is 4.45. The first-order chi connectivity index (χ1) is 14.7. The predicted octanol–water partition coefficient (Wildman–Crippen LogP) is 5.43. The summed E-state index contributed by atoms with van der Waals surface area (Å²) in [4.78, 5) is 24.7. The van der Waals surface area contributed by atoms with Crippen LogP contribution in [0.5, 0.6) is 11.5 Å². The highest BCUT2D eigenvalue weighted by atomic mass is 16.5. The SMILES string of the molecule is O=C(COC(=O)c1ccccc1Oc1ccccc1)Nc1ccc2ccccc2c1. The van der Waals surface area contributed by atoms with E-state index in [0.29, 0.717) is 17.2 Å². The van der Waals surface area contributed by atoms with Gasteiger partial charge in [0.1, 0.15) is 17.1 Å². The van der Waals surface area contributed by atoms with Crippen LogP contribution >= 0.6 is 0 Å². The van der Waals surface area contributed by atoms with Crippen molar-refractivity contribution in [3.63, 3.8) is 0 Å². The fourth-order valence-corrected chi connectivity index (χ4v) is 3.01. The zero-order valence-electron chi connectivity index (χ0n) is 16.1. The number of anilines is 1. The quantitative estimate of drug-likeness (QED) is 0.441. The molecular formula is C25H19NO4. The van der Waals surface area contributed by atoms with Gasteiger partial charge in [-0.05, 0) is 47.2 Å². The molecule has 30 heavy (non-hydrogen) atoms. The lowest BCUT2D eigenvalue weighted by molar-refractivity contribution is -0.119. The van der Waals surface area contributed by atoms with Crippen LogP contribution in [0.3, 0.4) is 0 Å². The van der Waals surface area contributed by atoms with Crippen LogP contribution in [-0.4, -0.2) is 18.5 Å². The summed E-state index contributed by atoms with van der Waals surface area (Å²) in [5.74, 6) is -0.0780. The second-order valence-corrected chi connectivity index (χ2v) is 6.60. The fraction of sp³-hybridized carbons (Fsp3) is 0.0400. The summed E-state index contributed by atoms with van der Waals surface area (Å²) in [6, 6.07) is 29.4. The lowest BCUT2D eigenvalue weighted by Gasteiger charge is -2.11. The number of fused-ring (bicyclic) bond motifs is 1. The second-order valence-electron chi connectivity index (χ2n) is 6.60. The van der Waals surface area contributed by atoms with E-state index in [2.05, 4.69) is 5.32 Å². The normalized spacial score (nSPS) is 10.4. The van der Waals surface area contributed by atoms with Gasteiger partial charge in [-0.2, -0.15) is 0 Å². The Hall–Kier alpha value is -4.12. The number of nitrogens with one attached hydrogen (secondary N) is 1. The minimum Gasteiger partial charge on any atom is -0.456 e.